The van der Waals surface area contributed by atoms with Gasteiger partial charge in [-0.15, -0.1) is 5.10 Å². The molecule has 2 fully saturated rings. The molecule has 3 aromatic rings. The Bertz CT molecular complexity index is 1390. The van der Waals surface area contributed by atoms with Gasteiger partial charge in [-0.05, 0) is 73.4 Å². The first kappa shape index (κ1) is 28.2. The fraction of sp³-hybridized carbons (Fsp3) is 0.483. The van der Waals surface area contributed by atoms with E-state index in [-0.39, 0.29) is 36.5 Å². The largest absolute Gasteiger partial charge is 0.350 e. The van der Waals surface area contributed by atoms with Crippen molar-refractivity contribution in [3.63, 3.8) is 0 Å². The molecule has 0 bridgehead atoms. The van der Waals surface area contributed by atoms with Crippen molar-refractivity contribution in [3.8, 4) is 0 Å². The van der Waals surface area contributed by atoms with Crippen LogP contribution in [0.4, 0.5) is 0 Å². The molecule has 0 aliphatic carbocycles. The molecule has 2 aromatic carbocycles. The lowest BCUT2D eigenvalue weighted by molar-refractivity contribution is -0.140. The van der Waals surface area contributed by atoms with E-state index in [1.807, 2.05) is 42.3 Å². The summed E-state index contributed by atoms with van der Waals surface area (Å²) < 4.78 is 2.70. The molecule has 11 heteroatoms. The number of aromatic nitrogens is 3. The Morgan fingerprint density at radius 2 is 1.93 bits per heavy atom. The number of nitrogens with two attached hydrogens (primary N) is 1. The van der Waals surface area contributed by atoms with Crippen molar-refractivity contribution in [1.29, 1.82) is 0 Å². The van der Waals surface area contributed by atoms with E-state index in [1.54, 1.807) is 9.58 Å². The number of nitrogens with one attached hydrogen (secondary N) is 1. The third kappa shape index (κ3) is 6.52. The third-order valence-corrected chi connectivity index (χ3v) is 8.47. The van der Waals surface area contributed by atoms with Crippen LogP contribution in [-0.2, 0) is 34.4 Å². The van der Waals surface area contributed by atoms with Gasteiger partial charge in [-0.25, -0.2) is 4.68 Å². The molecular formula is C29H36BrN7O3. The van der Waals surface area contributed by atoms with E-state index in [0.717, 1.165) is 59.0 Å². The van der Waals surface area contributed by atoms with Crippen LogP contribution < -0.4 is 11.1 Å². The molecule has 2 aliphatic rings. The minimum atomic E-state index is -0.828. The zero-order valence-electron chi connectivity index (χ0n) is 22.8. The average molecular weight is 611 g/mol. The number of likely N-dealkylation sites (tertiary alicyclic amines) is 2. The molecule has 212 valence electrons. The van der Waals surface area contributed by atoms with Crippen LogP contribution in [0.15, 0.2) is 46.9 Å². The topological polar surface area (TPSA) is 126 Å². The Labute approximate surface area is 242 Å². The van der Waals surface area contributed by atoms with Crippen molar-refractivity contribution in [2.24, 2.45) is 18.7 Å². The van der Waals surface area contributed by atoms with Crippen molar-refractivity contribution in [3.05, 3.63) is 58.1 Å². The zero-order valence-corrected chi connectivity index (χ0v) is 24.3. The molecule has 3 N–H and O–H groups in total. The number of hydrogen-bond donors (Lipinski definition) is 2. The van der Waals surface area contributed by atoms with Crippen LogP contribution in [0.2, 0.25) is 0 Å². The van der Waals surface area contributed by atoms with Crippen LogP contribution >= 0.6 is 15.9 Å². The maximum atomic E-state index is 13.5. The summed E-state index contributed by atoms with van der Waals surface area (Å²) in [6.45, 7) is 2.31. The molecule has 5 rings (SSSR count). The number of fused-ring (bicyclic) bond motifs is 1. The highest BCUT2D eigenvalue weighted by Gasteiger charge is 2.41. The molecule has 0 radical (unpaired) electrons. The van der Waals surface area contributed by atoms with Gasteiger partial charge in [0.15, 0.2) is 0 Å². The number of carbonyl (C=O) groups excluding carboxylic acids is 3. The van der Waals surface area contributed by atoms with Gasteiger partial charge in [0.2, 0.25) is 17.7 Å². The molecule has 3 heterocycles. The van der Waals surface area contributed by atoms with Crippen molar-refractivity contribution in [2.45, 2.75) is 57.2 Å². The number of aryl methyl sites for hydroxylation is 1. The molecule has 1 aromatic heterocycles. The maximum absolute atomic E-state index is 13.5. The lowest BCUT2D eigenvalue weighted by Gasteiger charge is -2.27. The fourth-order valence-electron chi connectivity index (χ4n) is 5.80. The smallest absolute Gasteiger partial charge is 0.243 e. The molecular weight excluding hydrogens is 574 g/mol. The summed E-state index contributed by atoms with van der Waals surface area (Å²) in [5.74, 6) is -0.316. The standard InChI is InChI=1S/C29H36BrN7O3/c1-35-25-9-7-20(15-24(25)33-34-35)17-32-28(39)26-16-21(13-19-5-4-6-22(30)14-19)18-37(26)29(40)23(31)8-10-27(38)36-11-2-3-12-36/h4-7,9,14-15,21,23,26H,2-3,8,10-13,16-18,31H2,1H3,(H,32,39). The monoisotopic (exact) mass is 609 g/mol. The molecule has 3 atom stereocenters. The molecule has 40 heavy (non-hydrogen) atoms. The van der Waals surface area contributed by atoms with Gasteiger partial charge in [-0.2, -0.15) is 0 Å². The summed E-state index contributed by atoms with van der Waals surface area (Å²) in [5.41, 5.74) is 10.0. The van der Waals surface area contributed by atoms with Gasteiger partial charge < -0.3 is 20.9 Å². The Balaban J connectivity index is 1.25. The maximum Gasteiger partial charge on any atom is 0.243 e. The summed E-state index contributed by atoms with van der Waals surface area (Å²) in [5, 5.41) is 11.2. The van der Waals surface area contributed by atoms with Crippen molar-refractivity contribution < 1.29 is 14.4 Å². The highest BCUT2D eigenvalue weighted by Crippen LogP contribution is 2.29. The van der Waals surface area contributed by atoms with E-state index in [4.69, 9.17) is 5.73 Å². The van der Waals surface area contributed by atoms with Crippen molar-refractivity contribution in [2.75, 3.05) is 19.6 Å². The Morgan fingerprint density at radius 3 is 2.70 bits per heavy atom. The SMILES string of the molecule is Cn1nnc2cc(CNC(=O)C3CC(Cc4cccc(Br)c4)CN3C(=O)C(N)CCC(=O)N3CCCC3)ccc21. The second-order valence-electron chi connectivity index (χ2n) is 10.9. The van der Waals surface area contributed by atoms with Crippen LogP contribution in [0.1, 0.15) is 43.2 Å². The minimum Gasteiger partial charge on any atom is -0.350 e. The number of carbonyl (C=O) groups is 3. The zero-order chi connectivity index (χ0) is 28.2. The van der Waals surface area contributed by atoms with Gasteiger partial charge in [0, 0.05) is 44.1 Å². The molecule has 10 nitrogen and oxygen atoms in total. The molecule has 3 unspecified atom stereocenters. The minimum absolute atomic E-state index is 0.0454. The predicted octanol–water partition coefficient (Wildman–Crippen LogP) is 2.54. The number of benzene rings is 2. The predicted molar refractivity (Wildman–Crippen MR) is 155 cm³/mol. The van der Waals surface area contributed by atoms with Gasteiger partial charge >= 0.3 is 0 Å². The lowest BCUT2D eigenvalue weighted by Crippen LogP contribution is -2.51. The number of rotatable bonds is 9. The fourth-order valence-corrected chi connectivity index (χ4v) is 6.25. The van der Waals surface area contributed by atoms with Crippen LogP contribution in [0.3, 0.4) is 0 Å². The molecule has 3 amide bonds. The van der Waals surface area contributed by atoms with Gasteiger partial charge in [0.1, 0.15) is 11.6 Å². The van der Waals surface area contributed by atoms with Gasteiger partial charge in [0.05, 0.1) is 11.6 Å². The van der Waals surface area contributed by atoms with E-state index in [9.17, 15) is 14.4 Å². The van der Waals surface area contributed by atoms with E-state index < -0.39 is 12.1 Å². The van der Waals surface area contributed by atoms with E-state index in [0.29, 0.717) is 19.5 Å². The first-order valence-corrected chi connectivity index (χ1v) is 14.7. The van der Waals surface area contributed by atoms with Crippen LogP contribution in [-0.4, -0.2) is 74.2 Å². The highest BCUT2D eigenvalue weighted by molar-refractivity contribution is 9.10. The van der Waals surface area contributed by atoms with Crippen LogP contribution in [0, 0.1) is 5.92 Å². The number of nitrogens with zero attached hydrogens (tertiary/aromatic N) is 5. The Kier molecular flexibility index (Phi) is 8.80. The third-order valence-electron chi connectivity index (χ3n) is 7.97. The van der Waals surface area contributed by atoms with Crippen LogP contribution in [0.25, 0.3) is 11.0 Å². The number of halogens is 1. The summed E-state index contributed by atoms with van der Waals surface area (Å²) in [7, 11) is 1.83. The second kappa shape index (κ2) is 12.5. The summed E-state index contributed by atoms with van der Waals surface area (Å²) >= 11 is 3.53. The average Bonchev–Trinajstić information content (AvgIpc) is 3.71. The second-order valence-corrected chi connectivity index (χ2v) is 11.8. The highest BCUT2D eigenvalue weighted by atomic mass is 79.9. The summed E-state index contributed by atoms with van der Waals surface area (Å²) in [6, 6.07) is 12.4. The van der Waals surface area contributed by atoms with E-state index >= 15 is 0 Å². The van der Waals surface area contributed by atoms with Gasteiger partial charge in [0.25, 0.3) is 0 Å². The molecule has 2 saturated heterocycles. The normalized spacial score (nSPS) is 19.8. The van der Waals surface area contributed by atoms with Crippen molar-refractivity contribution >= 4 is 44.7 Å². The Hall–Kier alpha value is -3.31. The Morgan fingerprint density at radius 1 is 1.12 bits per heavy atom. The number of amides is 3. The first-order valence-electron chi connectivity index (χ1n) is 13.9. The molecule has 0 saturated carbocycles. The van der Waals surface area contributed by atoms with E-state index in [2.05, 4.69) is 43.7 Å². The first-order chi connectivity index (χ1) is 19.3. The quantitative estimate of drug-likeness (QED) is 0.384. The van der Waals surface area contributed by atoms with Gasteiger partial charge in [-0.1, -0.05) is 39.3 Å². The molecule has 0 spiro atoms. The lowest BCUT2D eigenvalue weighted by atomic mass is 9.96. The molecule has 2 aliphatic heterocycles. The number of hydrogen-bond acceptors (Lipinski definition) is 6. The van der Waals surface area contributed by atoms with E-state index in [1.165, 1.54) is 0 Å². The van der Waals surface area contributed by atoms with Crippen molar-refractivity contribution in [1.82, 2.24) is 30.1 Å². The summed E-state index contributed by atoms with van der Waals surface area (Å²) in [6.07, 6.45) is 3.85. The van der Waals surface area contributed by atoms with Crippen LogP contribution in [0.5, 0.6) is 0 Å². The van der Waals surface area contributed by atoms with Gasteiger partial charge in [-0.3, -0.25) is 14.4 Å². The summed E-state index contributed by atoms with van der Waals surface area (Å²) in [4.78, 5) is 43.0.